The molecule has 2 N–H and O–H groups in total. The molecule has 0 aliphatic carbocycles. The molecular formula is C13H25ClN4. The Kier molecular flexibility index (Phi) is 4.81. The number of aromatic nitrogens is 2. The Labute approximate surface area is 116 Å². The fourth-order valence-electron chi connectivity index (χ4n) is 2.66. The third-order valence-electron chi connectivity index (χ3n) is 3.90. The number of nitrogens with two attached hydrogens (primary N) is 1. The standard InChI is InChI=1S/C13H24N4.ClH/c1-10-11(7-16(4)15-10)8-17-6-5-12(14)13(2,3)9-17;/h7,12H,5-6,8-9,14H2,1-4H3;1H. The first-order valence-electron chi connectivity index (χ1n) is 6.35. The fraction of sp³-hybridized carbons (Fsp3) is 0.769. The van der Waals surface area contributed by atoms with Crippen molar-refractivity contribution < 1.29 is 0 Å². The molecule has 1 saturated heterocycles. The molecule has 1 fully saturated rings. The zero-order chi connectivity index (χ0) is 12.6. The van der Waals surface area contributed by atoms with E-state index in [0.717, 1.165) is 31.7 Å². The van der Waals surface area contributed by atoms with Crippen LogP contribution >= 0.6 is 12.4 Å². The Morgan fingerprint density at radius 2 is 2.17 bits per heavy atom. The zero-order valence-electron chi connectivity index (χ0n) is 11.8. The summed E-state index contributed by atoms with van der Waals surface area (Å²) in [6.45, 7) is 9.77. The monoisotopic (exact) mass is 272 g/mol. The van der Waals surface area contributed by atoms with Crippen molar-refractivity contribution in [2.75, 3.05) is 13.1 Å². The van der Waals surface area contributed by atoms with Gasteiger partial charge in [0, 0.05) is 44.5 Å². The summed E-state index contributed by atoms with van der Waals surface area (Å²) in [7, 11) is 1.98. The van der Waals surface area contributed by atoms with E-state index in [0.29, 0.717) is 6.04 Å². The maximum atomic E-state index is 6.16. The van der Waals surface area contributed by atoms with Crippen LogP contribution in [0.15, 0.2) is 6.20 Å². The van der Waals surface area contributed by atoms with Gasteiger partial charge < -0.3 is 5.73 Å². The number of hydrogen-bond acceptors (Lipinski definition) is 3. The highest BCUT2D eigenvalue weighted by molar-refractivity contribution is 5.85. The van der Waals surface area contributed by atoms with Crippen molar-refractivity contribution in [3.63, 3.8) is 0 Å². The minimum absolute atomic E-state index is 0. The van der Waals surface area contributed by atoms with E-state index in [-0.39, 0.29) is 17.8 Å². The molecule has 18 heavy (non-hydrogen) atoms. The largest absolute Gasteiger partial charge is 0.327 e. The maximum absolute atomic E-state index is 6.16. The van der Waals surface area contributed by atoms with Crippen LogP contribution in [0.5, 0.6) is 0 Å². The molecule has 0 saturated carbocycles. The van der Waals surface area contributed by atoms with E-state index in [1.807, 2.05) is 11.7 Å². The van der Waals surface area contributed by atoms with Crippen LogP contribution in [0.25, 0.3) is 0 Å². The van der Waals surface area contributed by atoms with E-state index in [1.54, 1.807) is 0 Å². The van der Waals surface area contributed by atoms with Crippen LogP contribution in [0.3, 0.4) is 0 Å². The van der Waals surface area contributed by atoms with Gasteiger partial charge in [0.15, 0.2) is 0 Å². The number of rotatable bonds is 2. The summed E-state index contributed by atoms with van der Waals surface area (Å²) in [5.74, 6) is 0. The van der Waals surface area contributed by atoms with Gasteiger partial charge in [-0.15, -0.1) is 12.4 Å². The highest BCUT2D eigenvalue weighted by Gasteiger charge is 2.33. The van der Waals surface area contributed by atoms with Gasteiger partial charge in [-0.2, -0.15) is 5.10 Å². The lowest BCUT2D eigenvalue weighted by molar-refractivity contribution is 0.0897. The second-order valence-electron chi connectivity index (χ2n) is 6.01. The van der Waals surface area contributed by atoms with Crippen molar-refractivity contribution in [1.29, 1.82) is 0 Å². The molecule has 4 nitrogen and oxygen atoms in total. The number of aryl methyl sites for hydroxylation is 2. The first-order chi connectivity index (χ1) is 7.88. The molecular weight excluding hydrogens is 248 g/mol. The normalized spacial score (nSPS) is 23.7. The number of piperidine rings is 1. The Bertz CT molecular complexity index is 400. The average Bonchev–Trinajstić information content (AvgIpc) is 2.51. The number of likely N-dealkylation sites (tertiary alicyclic amines) is 1. The minimum atomic E-state index is 0. The van der Waals surface area contributed by atoms with Crippen LogP contribution in [0.2, 0.25) is 0 Å². The topological polar surface area (TPSA) is 47.1 Å². The highest BCUT2D eigenvalue weighted by Crippen LogP contribution is 2.28. The fourth-order valence-corrected chi connectivity index (χ4v) is 2.66. The van der Waals surface area contributed by atoms with Crippen molar-refractivity contribution in [3.8, 4) is 0 Å². The Morgan fingerprint density at radius 1 is 1.50 bits per heavy atom. The summed E-state index contributed by atoms with van der Waals surface area (Å²) in [6.07, 6.45) is 3.21. The molecule has 5 heteroatoms. The van der Waals surface area contributed by atoms with Gasteiger partial charge in [0.1, 0.15) is 0 Å². The number of halogens is 1. The number of nitrogens with zero attached hydrogens (tertiary/aromatic N) is 3. The molecule has 0 amide bonds. The molecule has 0 aromatic carbocycles. The molecule has 0 bridgehead atoms. The van der Waals surface area contributed by atoms with Gasteiger partial charge in [0.2, 0.25) is 0 Å². The first-order valence-corrected chi connectivity index (χ1v) is 6.35. The van der Waals surface area contributed by atoms with E-state index in [1.165, 1.54) is 5.56 Å². The molecule has 1 aliphatic heterocycles. The maximum Gasteiger partial charge on any atom is 0.0638 e. The zero-order valence-corrected chi connectivity index (χ0v) is 12.6. The Balaban J connectivity index is 0.00000162. The predicted molar refractivity (Wildman–Crippen MR) is 76.8 cm³/mol. The molecule has 0 spiro atoms. The van der Waals surface area contributed by atoms with E-state index >= 15 is 0 Å². The smallest absolute Gasteiger partial charge is 0.0638 e. The van der Waals surface area contributed by atoms with Gasteiger partial charge >= 0.3 is 0 Å². The lowest BCUT2D eigenvalue weighted by Crippen LogP contribution is -2.52. The average molecular weight is 273 g/mol. The van der Waals surface area contributed by atoms with Crippen molar-refractivity contribution in [2.24, 2.45) is 18.2 Å². The third-order valence-corrected chi connectivity index (χ3v) is 3.90. The molecule has 2 rings (SSSR count). The second-order valence-corrected chi connectivity index (χ2v) is 6.01. The number of hydrogen-bond donors (Lipinski definition) is 1. The van der Waals surface area contributed by atoms with Gasteiger partial charge in [-0.1, -0.05) is 13.8 Å². The molecule has 0 radical (unpaired) electrons. The molecule has 1 aromatic rings. The highest BCUT2D eigenvalue weighted by atomic mass is 35.5. The van der Waals surface area contributed by atoms with Crippen LogP contribution in [-0.2, 0) is 13.6 Å². The predicted octanol–water partition coefficient (Wildman–Crippen LogP) is 1.71. The summed E-state index contributed by atoms with van der Waals surface area (Å²) < 4.78 is 1.89. The summed E-state index contributed by atoms with van der Waals surface area (Å²) in [6, 6.07) is 0.328. The van der Waals surface area contributed by atoms with Crippen LogP contribution in [-0.4, -0.2) is 33.8 Å². The second kappa shape index (κ2) is 5.59. The summed E-state index contributed by atoms with van der Waals surface area (Å²) in [5, 5.41) is 4.39. The van der Waals surface area contributed by atoms with Crippen LogP contribution in [0.1, 0.15) is 31.5 Å². The van der Waals surface area contributed by atoms with Crippen molar-refractivity contribution in [1.82, 2.24) is 14.7 Å². The SMILES string of the molecule is Cc1nn(C)cc1CN1CCC(N)C(C)(C)C1.Cl. The van der Waals surface area contributed by atoms with E-state index < -0.39 is 0 Å². The van der Waals surface area contributed by atoms with E-state index in [9.17, 15) is 0 Å². The molecule has 104 valence electrons. The Hall–Kier alpha value is -0.580. The summed E-state index contributed by atoms with van der Waals surface area (Å²) >= 11 is 0. The van der Waals surface area contributed by atoms with Crippen molar-refractivity contribution in [2.45, 2.75) is 39.8 Å². The van der Waals surface area contributed by atoms with E-state index in [2.05, 4.69) is 37.0 Å². The summed E-state index contributed by atoms with van der Waals surface area (Å²) in [4.78, 5) is 2.49. The van der Waals surface area contributed by atoms with Crippen molar-refractivity contribution in [3.05, 3.63) is 17.5 Å². The molecule has 1 unspecified atom stereocenters. The van der Waals surface area contributed by atoms with Crippen LogP contribution < -0.4 is 5.73 Å². The Morgan fingerprint density at radius 3 is 2.67 bits per heavy atom. The van der Waals surface area contributed by atoms with Gasteiger partial charge in [-0.3, -0.25) is 9.58 Å². The molecule has 2 heterocycles. The minimum Gasteiger partial charge on any atom is -0.327 e. The molecule has 1 atom stereocenters. The van der Waals surface area contributed by atoms with Crippen molar-refractivity contribution >= 4 is 12.4 Å². The molecule has 1 aliphatic rings. The van der Waals surface area contributed by atoms with Gasteiger partial charge in [0.05, 0.1) is 5.69 Å². The van der Waals surface area contributed by atoms with Crippen LogP contribution in [0.4, 0.5) is 0 Å². The van der Waals surface area contributed by atoms with Gasteiger partial charge in [-0.05, 0) is 18.8 Å². The van der Waals surface area contributed by atoms with Crippen LogP contribution in [0, 0.1) is 12.3 Å². The summed E-state index contributed by atoms with van der Waals surface area (Å²) in [5.41, 5.74) is 8.85. The molecule has 1 aromatic heterocycles. The quantitative estimate of drug-likeness (QED) is 0.892. The van der Waals surface area contributed by atoms with Gasteiger partial charge in [-0.25, -0.2) is 0 Å². The van der Waals surface area contributed by atoms with Gasteiger partial charge in [0.25, 0.3) is 0 Å². The third kappa shape index (κ3) is 3.25. The lowest BCUT2D eigenvalue weighted by Gasteiger charge is -2.42. The first kappa shape index (κ1) is 15.5. The van der Waals surface area contributed by atoms with E-state index in [4.69, 9.17) is 5.73 Å². The lowest BCUT2D eigenvalue weighted by atomic mass is 9.79.